The number of carboxylic acid groups (broad SMARTS) is 1. The summed E-state index contributed by atoms with van der Waals surface area (Å²) >= 11 is 0. The Bertz CT molecular complexity index is 1030. The summed E-state index contributed by atoms with van der Waals surface area (Å²) in [6, 6.07) is 12.7. The van der Waals surface area contributed by atoms with E-state index in [0.29, 0.717) is 5.56 Å². The van der Waals surface area contributed by atoms with Crippen LogP contribution in [-0.2, 0) is 16.6 Å². The first-order valence-electron chi connectivity index (χ1n) is 12.9. The number of carboxylic acids is 1. The summed E-state index contributed by atoms with van der Waals surface area (Å²) in [4.78, 5) is 25.0. The molecule has 2 rings (SSSR count). The van der Waals surface area contributed by atoms with Gasteiger partial charge >= 0.3 is 5.97 Å². The number of nitrogens with zero attached hydrogens (tertiary/aromatic N) is 1. The fourth-order valence-corrected chi connectivity index (χ4v) is 5.16. The van der Waals surface area contributed by atoms with E-state index in [4.69, 9.17) is 5.11 Å². The van der Waals surface area contributed by atoms with Crippen molar-refractivity contribution in [2.45, 2.75) is 91.1 Å². The standard InChI is InChI=1S/C30H43NO4/c1-8-29(35,9-2)17-16-23-12-13-24(18-21(23)5)30(10-3,11-4)25-14-15-26(22(6)19-25)28(34)31(7)20-27(32)33/h12-15,18-19,35H,8-11,16-17,20H2,1-7H3,(H,32,33). The summed E-state index contributed by atoms with van der Waals surface area (Å²) < 4.78 is 0. The molecule has 0 unspecified atom stereocenters. The Morgan fingerprint density at radius 1 is 0.857 bits per heavy atom. The van der Waals surface area contributed by atoms with E-state index in [1.807, 2.05) is 32.9 Å². The molecular formula is C30H43NO4. The lowest BCUT2D eigenvalue weighted by molar-refractivity contribution is -0.137. The highest BCUT2D eigenvalue weighted by Crippen LogP contribution is 2.40. The van der Waals surface area contributed by atoms with Crippen LogP contribution in [0.3, 0.4) is 0 Å². The van der Waals surface area contributed by atoms with Gasteiger partial charge in [-0.1, -0.05) is 58.0 Å². The van der Waals surface area contributed by atoms with Crippen LogP contribution in [0, 0.1) is 13.8 Å². The summed E-state index contributed by atoms with van der Waals surface area (Å²) in [7, 11) is 1.51. The van der Waals surface area contributed by atoms with Crippen molar-refractivity contribution in [3.8, 4) is 0 Å². The molecule has 0 aliphatic rings. The third kappa shape index (κ3) is 6.32. The van der Waals surface area contributed by atoms with Gasteiger partial charge in [0, 0.05) is 18.0 Å². The minimum atomic E-state index is -1.03. The van der Waals surface area contributed by atoms with Gasteiger partial charge in [0.25, 0.3) is 5.91 Å². The smallest absolute Gasteiger partial charge is 0.323 e. The Morgan fingerprint density at radius 2 is 1.40 bits per heavy atom. The molecule has 0 heterocycles. The quantitative estimate of drug-likeness (QED) is 0.387. The second kappa shape index (κ2) is 11.9. The first kappa shape index (κ1) is 28.6. The maximum atomic E-state index is 12.8. The van der Waals surface area contributed by atoms with Gasteiger partial charge in [0.2, 0.25) is 0 Å². The molecule has 0 aromatic heterocycles. The van der Waals surface area contributed by atoms with Gasteiger partial charge in [-0.15, -0.1) is 0 Å². The van der Waals surface area contributed by atoms with Crippen LogP contribution in [-0.4, -0.2) is 46.2 Å². The van der Waals surface area contributed by atoms with Crippen LogP contribution in [0.5, 0.6) is 0 Å². The van der Waals surface area contributed by atoms with Crippen LogP contribution in [0.1, 0.15) is 98.0 Å². The molecule has 2 N–H and O–H groups in total. The first-order valence-corrected chi connectivity index (χ1v) is 12.9. The Labute approximate surface area is 211 Å². The van der Waals surface area contributed by atoms with Crippen molar-refractivity contribution >= 4 is 11.9 Å². The van der Waals surface area contributed by atoms with E-state index in [-0.39, 0.29) is 17.9 Å². The maximum absolute atomic E-state index is 12.8. The number of hydrogen-bond acceptors (Lipinski definition) is 3. The van der Waals surface area contributed by atoms with Crippen LogP contribution < -0.4 is 0 Å². The van der Waals surface area contributed by atoms with Gasteiger partial charge in [-0.05, 0) is 86.3 Å². The van der Waals surface area contributed by atoms with Gasteiger partial charge in [0.1, 0.15) is 6.54 Å². The van der Waals surface area contributed by atoms with Gasteiger partial charge < -0.3 is 15.1 Å². The summed E-state index contributed by atoms with van der Waals surface area (Å²) in [5.74, 6) is -1.31. The van der Waals surface area contributed by atoms with Crippen molar-refractivity contribution in [2.24, 2.45) is 0 Å². The highest BCUT2D eigenvalue weighted by Gasteiger charge is 2.32. The van der Waals surface area contributed by atoms with Crippen LogP contribution in [0.2, 0.25) is 0 Å². The molecule has 5 heteroatoms. The molecule has 0 atom stereocenters. The van der Waals surface area contributed by atoms with Crippen molar-refractivity contribution < 1.29 is 19.8 Å². The SMILES string of the molecule is CCC(O)(CC)CCc1ccc(C(CC)(CC)c2ccc(C(=O)N(C)CC(=O)O)c(C)c2)cc1C. The number of aliphatic hydroxyl groups is 1. The predicted octanol–water partition coefficient (Wildman–Crippen LogP) is 6.05. The van der Waals surface area contributed by atoms with E-state index in [0.717, 1.165) is 49.7 Å². The second-order valence-corrected chi connectivity index (χ2v) is 9.95. The lowest BCUT2D eigenvalue weighted by Gasteiger charge is -2.34. The zero-order chi connectivity index (χ0) is 26.4. The molecule has 0 fully saturated rings. The number of aryl methyl sites for hydroxylation is 3. The maximum Gasteiger partial charge on any atom is 0.323 e. The number of likely N-dealkylation sites (N-methyl/N-ethyl adjacent to an activating group) is 1. The van der Waals surface area contributed by atoms with Crippen molar-refractivity contribution in [3.05, 3.63) is 69.8 Å². The van der Waals surface area contributed by atoms with E-state index >= 15 is 0 Å². The molecule has 5 nitrogen and oxygen atoms in total. The lowest BCUT2D eigenvalue weighted by Crippen LogP contribution is -2.32. The van der Waals surface area contributed by atoms with E-state index in [2.05, 4.69) is 45.0 Å². The summed E-state index contributed by atoms with van der Waals surface area (Å²) in [5, 5.41) is 19.7. The lowest BCUT2D eigenvalue weighted by atomic mass is 9.69. The molecule has 2 aromatic rings. The minimum absolute atomic E-state index is 0.184. The van der Waals surface area contributed by atoms with Crippen LogP contribution in [0.4, 0.5) is 0 Å². The van der Waals surface area contributed by atoms with Gasteiger partial charge in [-0.3, -0.25) is 9.59 Å². The molecule has 0 saturated carbocycles. The van der Waals surface area contributed by atoms with Gasteiger partial charge in [0.15, 0.2) is 0 Å². The summed E-state index contributed by atoms with van der Waals surface area (Å²) in [5.41, 5.74) is 5.53. The fourth-order valence-electron chi connectivity index (χ4n) is 5.16. The molecule has 0 spiro atoms. The molecule has 0 saturated heterocycles. The molecule has 0 aliphatic heterocycles. The average Bonchev–Trinajstić information content (AvgIpc) is 2.83. The van der Waals surface area contributed by atoms with Crippen LogP contribution in [0.25, 0.3) is 0 Å². The largest absolute Gasteiger partial charge is 0.480 e. The molecule has 0 aliphatic carbocycles. The average molecular weight is 482 g/mol. The van der Waals surface area contributed by atoms with E-state index < -0.39 is 11.6 Å². The Morgan fingerprint density at radius 3 is 1.86 bits per heavy atom. The first-order chi connectivity index (χ1) is 16.5. The second-order valence-electron chi connectivity index (χ2n) is 9.95. The molecular weight excluding hydrogens is 438 g/mol. The van der Waals surface area contributed by atoms with Gasteiger partial charge in [-0.2, -0.15) is 0 Å². The highest BCUT2D eigenvalue weighted by molar-refractivity contribution is 5.97. The number of amides is 1. The number of carbonyl (C=O) groups is 2. The molecule has 35 heavy (non-hydrogen) atoms. The monoisotopic (exact) mass is 481 g/mol. The molecule has 1 amide bonds. The Balaban J connectivity index is 2.40. The zero-order valence-electron chi connectivity index (χ0n) is 22.6. The number of carbonyl (C=O) groups excluding carboxylic acids is 1. The van der Waals surface area contributed by atoms with Crippen molar-refractivity contribution in [3.63, 3.8) is 0 Å². The summed E-state index contributed by atoms with van der Waals surface area (Å²) in [6.45, 7) is 12.2. The van der Waals surface area contributed by atoms with Crippen LogP contribution >= 0.6 is 0 Å². The van der Waals surface area contributed by atoms with E-state index in [1.54, 1.807) is 0 Å². The molecule has 0 radical (unpaired) electrons. The molecule has 0 bridgehead atoms. The Hall–Kier alpha value is -2.66. The number of aliphatic carboxylic acids is 1. The van der Waals surface area contributed by atoms with E-state index in [9.17, 15) is 14.7 Å². The highest BCUT2D eigenvalue weighted by atomic mass is 16.4. The minimum Gasteiger partial charge on any atom is -0.480 e. The zero-order valence-corrected chi connectivity index (χ0v) is 22.6. The summed E-state index contributed by atoms with van der Waals surface area (Å²) in [6.07, 6.45) is 4.98. The number of hydrogen-bond donors (Lipinski definition) is 2. The van der Waals surface area contributed by atoms with Gasteiger partial charge in [0.05, 0.1) is 5.60 Å². The third-order valence-electron chi connectivity index (χ3n) is 8.01. The van der Waals surface area contributed by atoms with Gasteiger partial charge in [-0.25, -0.2) is 0 Å². The van der Waals surface area contributed by atoms with Crippen LogP contribution in [0.15, 0.2) is 36.4 Å². The normalized spacial score (nSPS) is 12.0. The van der Waals surface area contributed by atoms with Crippen molar-refractivity contribution in [2.75, 3.05) is 13.6 Å². The fraction of sp³-hybridized carbons (Fsp3) is 0.533. The third-order valence-corrected chi connectivity index (χ3v) is 8.01. The van der Waals surface area contributed by atoms with Crippen molar-refractivity contribution in [1.82, 2.24) is 4.90 Å². The number of benzene rings is 2. The Kier molecular flexibility index (Phi) is 9.68. The number of rotatable bonds is 12. The topological polar surface area (TPSA) is 77.8 Å². The van der Waals surface area contributed by atoms with Crippen molar-refractivity contribution in [1.29, 1.82) is 0 Å². The van der Waals surface area contributed by atoms with E-state index in [1.165, 1.54) is 28.6 Å². The molecule has 192 valence electrons. The predicted molar refractivity (Wildman–Crippen MR) is 142 cm³/mol. The molecule has 2 aromatic carbocycles.